The maximum atomic E-state index is 11.8. The summed E-state index contributed by atoms with van der Waals surface area (Å²) >= 11 is 0. The number of carbonyl (C=O) groups excluding carboxylic acids is 1. The van der Waals surface area contributed by atoms with Crippen LogP contribution in [0.25, 0.3) is 11.0 Å². The first-order valence-electron chi connectivity index (χ1n) is 5.32. The molecule has 0 aliphatic rings. The Morgan fingerprint density at radius 3 is 2.83 bits per heavy atom. The molecule has 7 nitrogen and oxygen atoms in total. The third-order valence-electron chi connectivity index (χ3n) is 2.59. The molecule has 1 atom stereocenters. The van der Waals surface area contributed by atoms with Gasteiger partial charge in [-0.1, -0.05) is 5.21 Å². The molecule has 0 spiro atoms. The molecule has 94 valence electrons. The minimum absolute atomic E-state index is 0.357. The Hall–Kier alpha value is -2.44. The fraction of sp³-hybridized carbons (Fsp3) is 0.273. The van der Waals surface area contributed by atoms with Crippen LogP contribution in [0.15, 0.2) is 18.2 Å². The Labute approximate surface area is 102 Å². The summed E-state index contributed by atoms with van der Waals surface area (Å²) in [6.07, 6.45) is 0. The van der Waals surface area contributed by atoms with Crippen LogP contribution in [0, 0.1) is 0 Å². The highest BCUT2D eigenvalue weighted by Crippen LogP contribution is 2.12. The van der Waals surface area contributed by atoms with Gasteiger partial charge in [-0.3, -0.25) is 9.59 Å². The van der Waals surface area contributed by atoms with Gasteiger partial charge in [-0.15, -0.1) is 5.10 Å². The Morgan fingerprint density at radius 1 is 1.44 bits per heavy atom. The van der Waals surface area contributed by atoms with Gasteiger partial charge in [0.25, 0.3) is 5.91 Å². The molecule has 0 aliphatic carbocycles. The SMILES string of the molecule is CC(NC(=O)c1ccc2c(c1)nnn2C)C(=O)O. The third-order valence-corrected chi connectivity index (χ3v) is 2.59. The van der Waals surface area contributed by atoms with Gasteiger partial charge >= 0.3 is 5.97 Å². The molecule has 2 N–H and O–H groups in total. The molecule has 0 bridgehead atoms. The van der Waals surface area contributed by atoms with E-state index in [0.29, 0.717) is 11.1 Å². The average molecular weight is 248 g/mol. The lowest BCUT2D eigenvalue weighted by Gasteiger charge is -2.08. The number of aliphatic carboxylic acids is 1. The second-order valence-electron chi connectivity index (χ2n) is 3.95. The minimum Gasteiger partial charge on any atom is -0.480 e. The zero-order valence-corrected chi connectivity index (χ0v) is 9.91. The highest BCUT2D eigenvalue weighted by atomic mass is 16.4. The van der Waals surface area contributed by atoms with Gasteiger partial charge in [0.15, 0.2) is 0 Å². The van der Waals surface area contributed by atoms with Gasteiger partial charge in [-0.25, -0.2) is 4.68 Å². The van der Waals surface area contributed by atoms with E-state index in [0.717, 1.165) is 5.52 Å². The average Bonchev–Trinajstić information content (AvgIpc) is 2.70. The first-order chi connectivity index (χ1) is 8.49. The van der Waals surface area contributed by atoms with Gasteiger partial charge in [0, 0.05) is 12.6 Å². The van der Waals surface area contributed by atoms with Gasteiger partial charge in [-0.2, -0.15) is 0 Å². The van der Waals surface area contributed by atoms with Crippen LogP contribution in [-0.4, -0.2) is 38.0 Å². The van der Waals surface area contributed by atoms with Crippen molar-refractivity contribution < 1.29 is 14.7 Å². The summed E-state index contributed by atoms with van der Waals surface area (Å²) in [7, 11) is 1.75. The lowest BCUT2D eigenvalue weighted by Crippen LogP contribution is -2.38. The molecule has 18 heavy (non-hydrogen) atoms. The normalized spacial score (nSPS) is 12.3. The van der Waals surface area contributed by atoms with Crippen molar-refractivity contribution in [3.05, 3.63) is 23.8 Å². The molecule has 0 radical (unpaired) electrons. The lowest BCUT2D eigenvalue weighted by atomic mass is 10.1. The van der Waals surface area contributed by atoms with E-state index in [2.05, 4.69) is 15.6 Å². The molecule has 7 heteroatoms. The number of aryl methyl sites for hydroxylation is 1. The molecule has 1 heterocycles. The van der Waals surface area contributed by atoms with Crippen molar-refractivity contribution in [2.45, 2.75) is 13.0 Å². The fourth-order valence-electron chi connectivity index (χ4n) is 1.52. The molecule has 1 unspecified atom stereocenters. The largest absolute Gasteiger partial charge is 0.480 e. The Balaban J connectivity index is 2.25. The molecule has 0 saturated heterocycles. The van der Waals surface area contributed by atoms with Crippen LogP contribution < -0.4 is 5.32 Å². The number of carboxylic acids is 1. The number of nitrogens with one attached hydrogen (secondary N) is 1. The van der Waals surface area contributed by atoms with Crippen LogP contribution in [-0.2, 0) is 11.8 Å². The van der Waals surface area contributed by atoms with Crippen molar-refractivity contribution >= 4 is 22.9 Å². The van der Waals surface area contributed by atoms with Crippen LogP contribution in [0.3, 0.4) is 0 Å². The van der Waals surface area contributed by atoms with E-state index in [1.807, 2.05) is 0 Å². The van der Waals surface area contributed by atoms with Gasteiger partial charge in [0.1, 0.15) is 11.6 Å². The van der Waals surface area contributed by atoms with Crippen LogP contribution in [0.5, 0.6) is 0 Å². The number of carboxylic acid groups (broad SMARTS) is 1. The fourth-order valence-corrected chi connectivity index (χ4v) is 1.52. The van der Waals surface area contributed by atoms with Gasteiger partial charge in [-0.05, 0) is 25.1 Å². The number of aromatic nitrogens is 3. The van der Waals surface area contributed by atoms with Crippen molar-refractivity contribution in [1.82, 2.24) is 20.3 Å². The summed E-state index contributed by atoms with van der Waals surface area (Å²) in [5.41, 5.74) is 1.75. The Kier molecular flexibility index (Phi) is 2.97. The maximum Gasteiger partial charge on any atom is 0.325 e. The van der Waals surface area contributed by atoms with Crippen LogP contribution >= 0.6 is 0 Å². The predicted molar refractivity (Wildman–Crippen MR) is 63.1 cm³/mol. The van der Waals surface area contributed by atoms with Crippen LogP contribution in [0.4, 0.5) is 0 Å². The number of hydrogen-bond acceptors (Lipinski definition) is 4. The summed E-state index contributed by atoms with van der Waals surface area (Å²) in [6.45, 7) is 1.40. The number of fused-ring (bicyclic) bond motifs is 1. The van der Waals surface area contributed by atoms with E-state index in [-0.39, 0.29) is 0 Å². The Morgan fingerprint density at radius 2 is 2.17 bits per heavy atom. The summed E-state index contributed by atoms with van der Waals surface area (Å²) in [5, 5.41) is 18.8. The first kappa shape index (κ1) is 12.0. The number of benzene rings is 1. The van der Waals surface area contributed by atoms with E-state index < -0.39 is 17.9 Å². The molecule has 0 fully saturated rings. The molecular formula is C11H12N4O3. The molecular weight excluding hydrogens is 236 g/mol. The standard InChI is InChI=1S/C11H12N4O3/c1-6(11(17)18)12-10(16)7-3-4-9-8(5-7)13-14-15(9)2/h3-6H,1-2H3,(H,12,16)(H,17,18). The third kappa shape index (κ3) is 2.15. The molecule has 0 saturated carbocycles. The minimum atomic E-state index is -1.08. The zero-order chi connectivity index (χ0) is 13.3. The Bertz CT molecular complexity index is 620. The van der Waals surface area contributed by atoms with Crippen LogP contribution in [0.1, 0.15) is 17.3 Å². The van der Waals surface area contributed by atoms with Gasteiger partial charge in [0.05, 0.1) is 5.52 Å². The first-order valence-corrected chi connectivity index (χ1v) is 5.32. The summed E-state index contributed by atoms with van der Waals surface area (Å²) in [5.74, 6) is -1.53. The summed E-state index contributed by atoms with van der Waals surface area (Å²) < 4.78 is 1.59. The molecule has 2 rings (SSSR count). The molecule has 1 amide bonds. The van der Waals surface area contributed by atoms with Crippen molar-refractivity contribution in [2.75, 3.05) is 0 Å². The highest BCUT2D eigenvalue weighted by molar-refractivity contribution is 5.98. The van der Waals surface area contributed by atoms with Gasteiger partial charge < -0.3 is 10.4 Å². The monoisotopic (exact) mass is 248 g/mol. The van der Waals surface area contributed by atoms with Gasteiger partial charge in [0.2, 0.25) is 0 Å². The van der Waals surface area contributed by atoms with Crippen LogP contribution in [0.2, 0.25) is 0 Å². The number of rotatable bonds is 3. The number of amides is 1. The van der Waals surface area contributed by atoms with Crippen molar-refractivity contribution in [3.63, 3.8) is 0 Å². The molecule has 2 aromatic rings. The van der Waals surface area contributed by atoms with E-state index >= 15 is 0 Å². The zero-order valence-electron chi connectivity index (χ0n) is 9.91. The number of carbonyl (C=O) groups is 2. The molecule has 1 aromatic heterocycles. The number of nitrogens with zero attached hydrogens (tertiary/aromatic N) is 3. The van der Waals surface area contributed by atoms with E-state index in [9.17, 15) is 9.59 Å². The van der Waals surface area contributed by atoms with E-state index in [4.69, 9.17) is 5.11 Å². The predicted octanol–water partition coefficient (Wildman–Crippen LogP) is 0.171. The van der Waals surface area contributed by atoms with Crippen molar-refractivity contribution in [2.24, 2.45) is 7.05 Å². The molecule has 1 aromatic carbocycles. The van der Waals surface area contributed by atoms with Crippen molar-refractivity contribution in [3.8, 4) is 0 Å². The topological polar surface area (TPSA) is 97.1 Å². The smallest absolute Gasteiger partial charge is 0.325 e. The second-order valence-corrected chi connectivity index (χ2v) is 3.95. The lowest BCUT2D eigenvalue weighted by molar-refractivity contribution is -0.138. The summed E-state index contributed by atoms with van der Waals surface area (Å²) in [6, 6.07) is 3.97. The van der Waals surface area contributed by atoms with Crippen molar-refractivity contribution in [1.29, 1.82) is 0 Å². The molecule has 0 aliphatic heterocycles. The highest BCUT2D eigenvalue weighted by Gasteiger charge is 2.16. The summed E-state index contributed by atoms with van der Waals surface area (Å²) in [4.78, 5) is 22.4. The quantitative estimate of drug-likeness (QED) is 0.807. The second kappa shape index (κ2) is 4.44. The maximum absolute atomic E-state index is 11.8. The van der Waals surface area contributed by atoms with E-state index in [1.54, 1.807) is 29.9 Å². The van der Waals surface area contributed by atoms with E-state index in [1.165, 1.54) is 6.92 Å². The number of hydrogen-bond donors (Lipinski definition) is 2.